The fourth-order valence-corrected chi connectivity index (χ4v) is 1.90. The maximum absolute atomic E-state index is 11.9. The van der Waals surface area contributed by atoms with Gasteiger partial charge in [0.1, 0.15) is 0 Å². The van der Waals surface area contributed by atoms with Crippen molar-refractivity contribution in [3.05, 3.63) is 29.8 Å². The molecule has 0 aliphatic carbocycles. The summed E-state index contributed by atoms with van der Waals surface area (Å²) in [6.45, 7) is 5.11. The van der Waals surface area contributed by atoms with Crippen LogP contribution in [-0.2, 0) is 0 Å². The lowest BCUT2D eigenvalue weighted by Crippen LogP contribution is -2.33. The van der Waals surface area contributed by atoms with Gasteiger partial charge in [-0.15, -0.1) is 0 Å². The van der Waals surface area contributed by atoms with Crippen LogP contribution in [0.3, 0.4) is 0 Å². The number of hydrogen-bond acceptors (Lipinski definition) is 3. The molecule has 1 rings (SSSR count). The Balaban J connectivity index is 2.62. The van der Waals surface area contributed by atoms with Gasteiger partial charge in [0, 0.05) is 37.5 Å². The number of rotatable bonds is 7. The third kappa shape index (κ3) is 4.91. The van der Waals surface area contributed by atoms with Gasteiger partial charge in [-0.3, -0.25) is 4.79 Å². The van der Waals surface area contributed by atoms with Crippen LogP contribution in [0.15, 0.2) is 24.3 Å². The Morgan fingerprint density at radius 1 is 1.37 bits per heavy atom. The molecule has 1 aromatic carbocycles. The first kappa shape index (κ1) is 15.5. The standard InChI is InChI=1S/C15H24N2O2/c1-4-10-17(3)14-7-5-13(6-8-14)15(19)16-12(2)9-11-18/h5-8,12,18H,4,9-11H2,1-3H3,(H,16,19). The van der Waals surface area contributed by atoms with Gasteiger partial charge in [0.05, 0.1) is 0 Å². The summed E-state index contributed by atoms with van der Waals surface area (Å²) in [5.41, 5.74) is 1.76. The van der Waals surface area contributed by atoms with Crippen molar-refractivity contribution >= 4 is 11.6 Å². The van der Waals surface area contributed by atoms with E-state index >= 15 is 0 Å². The number of nitrogens with zero attached hydrogens (tertiary/aromatic N) is 1. The third-order valence-corrected chi connectivity index (χ3v) is 3.07. The number of carbonyl (C=O) groups is 1. The van der Waals surface area contributed by atoms with Crippen LogP contribution in [0.2, 0.25) is 0 Å². The predicted molar refractivity (Wildman–Crippen MR) is 78.6 cm³/mol. The van der Waals surface area contributed by atoms with E-state index in [0.717, 1.165) is 18.7 Å². The molecule has 19 heavy (non-hydrogen) atoms. The average molecular weight is 264 g/mol. The van der Waals surface area contributed by atoms with Crippen LogP contribution in [0.5, 0.6) is 0 Å². The molecule has 2 N–H and O–H groups in total. The van der Waals surface area contributed by atoms with Crippen LogP contribution in [0, 0.1) is 0 Å². The lowest BCUT2D eigenvalue weighted by molar-refractivity contribution is 0.0934. The van der Waals surface area contributed by atoms with Crippen LogP contribution in [0.1, 0.15) is 37.0 Å². The first-order valence-electron chi connectivity index (χ1n) is 6.81. The molecule has 0 saturated heterocycles. The first-order chi connectivity index (χ1) is 9.08. The van der Waals surface area contributed by atoms with Gasteiger partial charge in [0.15, 0.2) is 0 Å². The number of amides is 1. The van der Waals surface area contributed by atoms with Gasteiger partial charge in [-0.1, -0.05) is 6.92 Å². The summed E-state index contributed by atoms with van der Waals surface area (Å²) in [6, 6.07) is 7.58. The molecule has 1 amide bonds. The molecule has 4 heteroatoms. The highest BCUT2D eigenvalue weighted by atomic mass is 16.3. The Morgan fingerprint density at radius 3 is 2.53 bits per heavy atom. The molecule has 0 bridgehead atoms. The van der Waals surface area contributed by atoms with Gasteiger partial charge in [-0.05, 0) is 44.0 Å². The summed E-state index contributed by atoms with van der Waals surface area (Å²) in [4.78, 5) is 14.1. The number of hydrogen-bond donors (Lipinski definition) is 2. The molecule has 0 spiro atoms. The fourth-order valence-electron chi connectivity index (χ4n) is 1.90. The molecule has 4 nitrogen and oxygen atoms in total. The summed E-state index contributed by atoms with van der Waals surface area (Å²) in [7, 11) is 2.04. The second-order valence-corrected chi connectivity index (χ2v) is 4.86. The minimum absolute atomic E-state index is 0.0139. The molecular formula is C15H24N2O2. The summed E-state index contributed by atoms with van der Waals surface area (Å²) in [6.07, 6.45) is 1.67. The van der Waals surface area contributed by atoms with Gasteiger partial charge < -0.3 is 15.3 Å². The molecular weight excluding hydrogens is 240 g/mol. The zero-order chi connectivity index (χ0) is 14.3. The Kier molecular flexibility index (Phi) is 6.36. The van der Waals surface area contributed by atoms with Crippen molar-refractivity contribution in [3.63, 3.8) is 0 Å². The van der Waals surface area contributed by atoms with Crippen LogP contribution in [0.25, 0.3) is 0 Å². The highest BCUT2D eigenvalue weighted by Crippen LogP contribution is 2.14. The van der Waals surface area contributed by atoms with Crippen LogP contribution < -0.4 is 10.2 Å². The maximum atomic E-state index is 11.9. The Labute approximate surface area is 115 Å². The molecule has 0 aliphatic heterocycles. The highest BCUT2D eigenvalue weighted by Gasteiger charge is 2.09. The molecule has 0 aliphatic rings. The lowest BCUT2D eigenvalue weighted by Gasteiger charge is -2.18. The van der Waals surface area contributed by atoms with Crippen molar-refractivity contribution in [1.29, 1.82) is 0 Å². The van der Waals surface area contributed by atoms with Crippen molar-refractivity contribution in [3.8, 4) is 0 Å². The van der Waals surface area contributed by atoms with Crippen molar-refractivity contribution in [1.82, 2.24) is 5.32 Å². The van der Waals surface area contributed by atoms with E-state index in [1.54, 1.807) is 0 Å². The van der Waals surface area contributed by atoms with E-state index in [1.165, 1.54) is 0 Å². The van der Waals surface area contributed by atoms with E-state index in [2.05, 4.69) is 17.1 Å². The third-order valence-electron chi connectivity index (χ3n) is 3.07. The van der Waals surface area contributed by atoms with Crippen LogP contribution in [-0.4, -0.2) is 37.3 Å². The minimum atomic E-state index is -0.0920. The number of anilines is 1. The topological polar surface area (TPSA) is 52.6 Å². The molecule has 0 aromatic heterocycles. The second kappa shape index (κ2) is 7.79. The van der Waals surface area contributed by atoms with Crippen molar-refractivity contribution in [2.24, 2.45) is 0 Å². The van der Waals surface area contributed by atoms with E-state index in [0.29, 0.717) is 12.0 Å². The van der Waals surface area contributed by atoms with Gasteiger partial charge in [0.25, 0.3) is 5.91 Å². The van der Waals surface area contributed by atoms with Gasteiger partial charge in [0.2, 0.25) is 0 Å². The molecule has 0 heterocycles. The summed E-state index contributed by atoms with van der Waals surface area (Å²) < 4.78 is 0. The van der Waals surface area contributed by atoms with E-state index in [1.807, 2.05) is 38.2 Å². The van der Waals surface area contributed by atoms with Gasteiger partial charge in [-0.25, -0.2) is 0 Å². The minimum Gasteiger partial charge on any atom is -0.396 e. The summed E-state index contributed by atoms with van der Waals surface area (Å²) >= 11 is 0. The Bertz CT molecular complexity index is 390. The molecule has 0 saturated carbocycles. The predicted octanol–water partition coefficient (Wildman–Crippen LogP) is 2.03. The molecule has 1 unspecified atom stereocenters. The Hall–Kier alpha value is -1.55. The monoisotopic (exact) mass is 264 g/mol. The quantitative estimate of drug-likeness (QED) is 0.792. The normalized spacial score (nSPS) is 12.0. The Morgan fingerprint density at radius 2 is 2.00 bits per heavy atom. The molecule has 1 atom stereocenters. The van der Waals surface area contributed by atoms with Crippen molar-refractivity contribution < 1.29 is 9.90 Å². The molecule has 0 radical (unpaired) electrons. The van der Waals surface area contributed by atoms with Crippen LogP contribution >= 0.6 is 0 Å². The smallest absolute Gasteiger partial charge is 0.251 e. The second-order valence-electron chi connectivity index (χ2n) is 4.86. The number of nitrogens with one attached hydrogen (secondary N) is 1. The highest BCUT2D eigenvalue weighted by molar-refractivity contribution is 5.94. The number of benzene rings is 1. The first-order valence-corrected chi connectivity index (χ1v) is 6.81. The molecule has 106 valence electrons. The molecule has 1 aromatic rings. The fraction of sp³-hybridized carbons (Fsp3) is 0.533. The number of carbonyl (C=O) groups excluding carboxylic acids is 1. The van der Waals surface area contributed by atoms with Crippen molar-refractivity contribution in [2.45, 2.75) is 32.7 Å². The van der Waals surface area contributed by atoms with Crippen LogP contribution in [0.4, 0.5) is 5.69 Å². The van der Waals surface area contributed by atoms with Gasteiger partial charge in [-0.2, -0.15) is 0 Å². The lowest BCUT2D eigenvalue weighted by atomic mass is 10.1. The summed E-state index contributed by atoms with van der Waals surface area (Å²) in [5.74, 6) is -0.0920. The largest absolute Gasteiger partial charge is 0.396 e. The van der Waals surface area contributed by atoms with E-state index in [4.69, 9.17) is 5.11 Å². The number of aliphatic hydroxyl groups is 1. The zero-order valence-corrected chi connectivity index (χ0v) is 12.0. The van der Waals surface area contributed by atoms with E-state index in [-0.39, 0.29) is 18.6 Å². The summed E-state index contributed by atoms with van der Waals surface area (Å²) in [5, 5.41) is 11.7. The average Bonchev–Trinajstić information content (AvgIpc) is 2.39. The van der Waals surface area contributed by atoms with E-state index < -0.39 is 0 Å². The maximum Gasteiger partial charge on any atom is 0.251 e. The molecule has 0 fully saturated rings. The number of aliphatic hydroxyl groups excluding tert-OH is 1. The zero-order valence-electron chi connectivity index (χ0n) is 12.0. The SMILES string of the molecule is CCCN(C)c1ccc(C(=O)NC(C)CCO)cc1. The van der Waals surface area contributed by atoms with E-state index in [9.17, 15) is 4.79 Å². The van der Waals surface area contributed by atoms with Gasteiger partial charge >= 0.3 is 0 Å². The van der Waals surface area contributed by atoms with Crippen molar-refractivity contribution in [2.75, 3.05) is 25.1 Å².